The van der Waals surface area contributed by atoms with Gasteiger partial charge in [-0.2, -0.15) is 0 Å². The largest absolute Gasteiger partial charge is 0.454 e. The van der Waals surface area contributed by atoms with Crippen LogP contribution >= 0.6 is 11.6 Å². The van der Waals surface area contributed by atoms with Gasteiger partial charge in [0.25, 0.3) is 11.8 Å². The fourth-order valence-electron chi connectivity index (χ4n) is 5.69. The van der Waals surface area contributed by atoms with Crippen molar-refractivity contribution in [2.45, 2.75) is 24.9 Å². The van der Waals surface area contributed by atoms with Crippen molar-refractivity contribution in [2.75, 3.05) is 38.0 Å². The van der Waals surface area contributed by atoms with Gasteiger partial charge in [-0.1, -0.05) is 41.9 Å². The van der Waals surface area contributed by atoms with Crippen LogP contribution in [0.25, 0.3) is 0 Å². The number of amides is 3. The van der Waals surface area contributed by atoms with E-state index < -0.39 is 5.54 Å². The van der Waals surface area contributed by atoms with Crippen molar-refractivity contribution in [3.8, 4) is 11.5 Å². The number of nitrogens with one attached hydrogen (secondary N) is 1. The molecule has 3 aromatic rings. The molecule has 3 amide bonds. The number of hydrogen-bond acceptors (Lipinski definition) is 6. The summed E-state index contributed by atoms with van der Waals surface area (Å²) in [6, 6.07) is 22.2. The monoisotopic (exact) mass is 560 g/mol. The Balaban J connectivity index is 1.15. The Bertz CT molecular complexity index is 1440. The molecule has 0 bridgehead atoms. The zero-order chi connectivity index (χ0) is 27.7. The number of hydrogen-bond donors (Lipinski definition) is 1. The predicted octanol–water partition coefficient (Wildman–Crippen LogP) is 3.67. The minimum absolute atomic E-state index is 0.0559. The molecular weight excluding hydrogens is 532 g/mol. The highest BCUT2D eigenvalue weighted by molar-refractivity contribution is 6.31. The molecule has 10 heteroatoms. The highest BCUT2D eigenvalue weighted by atomic mass is 35.5. The van der Waals surface area contributed by atoms with Crippen molar-refractivity contribution in [2.24, 2.45) is 0 Å². The summed E-state index contributed by atoms with van der Waals surface area (Å²) < 4.78 is 10.8. The number of anilines is 1. The quantitative estimate of drug-likeness (QED) is 0.495. The lowest BCUT2D eigenvalue weighted by molar-refractivity contribution is -0.137. The molecule has 2 fully saturated rings. The molecule has 3 aliphatic heterocycles. The van der Waals surface area contributed by atoms with Crippen molar-refractivity contribution in [1.82, 2.24) is 15.1 Å². The topological polar surface area (TPSA) is 91.4 Å². The summed E-state index contributed by atoms with van der Waals surface area (Å²) in [5.41, 5.74) is 1.49. The molecule has 0 aromatic heterocycles. The molecule has 3 aliphatic rings. The molecular formula is C30H29ClN4O5. The van der Waals surface area contributed by atoms with Crippen LogP contribution in [0.5, 0.6) is 11.5 Å². The lowest BCUT2D eigenvalue weighted by Crippen LogP contribution is -2.57. The van der Waals surface area contributed by atoms with Crippen LogP contribution in [0, 0.1) is 0 Å². The Morgan fingerprint density at radius 3 is 2.48 bits per heavy atom. The highest BCUT2D eigenvalue weighted by Gasteiger charge is 2.54. The molecule has 0 aliphatic carbocycles. The average Bonchev–Trinajstić information content (AvgIpc) is 3.55. The normalized spacial score (nSPS) is 17.4. The molecule has 0 atom stereocenters. The molecule has 206 valence electrons. The smallest absolute Gasteiger partial charge is 0.253 e. The second kappa shape index (κ2) is 10.7. The Morgan fingerprint density at radius 2 is 1.70 bits per heavy atom. The number of piperidine rings is 1. The molecule has 9 nitrogen and oxygen atoms in total. The number of ether oxygens (including phenoxy) is 2. The number of para-hydroxylation sites is 1. The van der Waals surface area contributed by atoms with Gasteiger partial charge in [0.15, 0.2) is 11.5 Å². The van der Waals surface area contributed by atoms with Gasteiger partial charge >= 0.3 is 0 Å². The number of likely N-dealkylation sites (tertiary alicyclic amines) is 1. The first kappa shape index (κ1) is 26.0. The van der Waals surface area contributed by atoms with E-state index in [2.05, 4.69) is 10.2 Å². The maximum Gasteiger partial charge on any atom is 0.253 e. The third-order valence-corrected chi connectivity index (χ3v) is 8.03. The molecule has 0 unspecified atom stereocenters. The van der Waals surface area contributed by atoms with Crippen LogP contribution in [0.15, 0.2) is 72.8 Å². The van der Waals surface area contributed by atoms with Crippen molar-refractivity contribution in [3.63, 3.8) is 0 Å². The number of rotatable bonds is 6. The zero-order valence-electron chi connectivity index (χ0n) is 21.8. The molecule has 3 heterocycles. The number of carbonyl (C=O) groups is 3. The van der Waals surface area contributed by atoms with Gasteiger partial charge in [-0.05, 0) is 60.9 Å². The maximum absolute atomic E-state index is 13.9. The minimum Gasteiger partial charge on any atom is -0.454 e. The summed E-state index contributed by atoms with van der Waals surface area (Å²) in [6.07, 6.45) is 0.921. The summed E-state index contributed by atoms with van der Waals surface area (Å²) in [5, 5.41) is 3.42. The summed E-state index contributed by atoms with van der Waals surface area (Å²) in [4.78, 5) is 45.5. The molecule has 3 aromatic carbocycles. The van der Waals surface area contributed by atoms with Crippen molar-refractivity contribution < 1.29 is 23.9 Å². The fraction of sp³-hybridized carbons (Fsp3) is 0.300. The van der Waals surface area contributed by atoms with E-state index in [0.717, 1.165) is 11.3 Å². The molecule has 0 saturated carbocycles. The molecule has 0 radical (unpaired) electrons. The van der Waals surface area contributed by atoms with Gasteiger partial charge in [0.05, 0.1) is 6.67 Å². The standard InChI is InChI=1S/C30H29ClN4O5/c31-23-6-4-5-22(16-23)28(37)33-13-11-30(12-14-33)29(38)34(19-35(30)24-7-2-1-3-8-24)18-27(36)32-17-21-9-10-25-26(15-21)40-20-39-25/h1-10,15-16H,11-14,17-20H2,(H,32,36). The van der Waals surface area contributed by atoms with Gasteiger partial charge < -0.3 is 29.5 Å². The molecule has 2 saturated heterocycles. The van der Waals surface area contributed by atoms with Crippen LogP contribution in [0.3, 0.4) is 0 Å². The predicted molar refractivity (Wildman–Crippen MR) is 149 cm³/mol. The van der Waals surface area contributed by atoms with E-state index in [1.54, 1.807) is 34.1 Å². The number of carbonyl (C=O) groups excluding carboxylic acids is 3. The maximum atomic E-state index is 13.9. The Hall–Kier alpha value is -4.24. The van der Waals surface area contributed by atoms with Gasteiger partial charge in [-0.15, -0.1) is 0 Å². The fourth-order valence-corrected chi connectivity index (χ4v) is 5.88. The van der Waals surface area contributed by atoms with E-state index in [0.29, 0.717) is 61.2 Å². The zero-order valence-corrected chi connectivity index (χ0v) is 22.6. The second-order valence-corrected chi connectivity index (χ2v) is 10.6. The first-order chi connectivity index (χ1) is 19.4. The lowest BCUT2D eigenvalue weighted by Gasteiger charge is -2.43. The Kier molecular flexibility index (Phi) is 6.98. The van der Waals surface area contributed by atoms with Crippen molar-refractivity contribution in [3.05, 3.63) is 88.9 Å². The summed E-state index contributed by atoms with van der Waals surface area (Å²) >= 11 is 6.10. The number of halogens is 1. The van der Waals surface area contributed by atoms with E-state index in [4.69, 9.17) is 21.1 Å². The van der Waals surface area contributed by atoms with E-state index in [1.807, 2.05) is 48.5 Å². The first-order valence-corrected chi connectivity index (χ1v) is 13.6. The third kappa shape index (κ3) is 4.93. The van der Waals surface area contributed by atoms with Crippen molar-refractivity contribution >= 4 is 35.0 Å². The van der Waals surface area contributed by atoms with Gasteiger partial charge in [-0.3, -0.25) is 14.4 Å². The summed E-state index contributed by atoms with van der Waals surface area (Å²) in [5.74, 6) is 0.898. The summed E-state index contributed by atoms with van der Waals surface area (Å²) in [6.45, 7) is 1.58. The SMILES string of the molecule is O=C(CN1CN(c2ccccc2)C2(CCN(C(=O)c3cccc(Cl)c3)CC2)C1=O)NCc1ccc2c(c1)OCO2. The number of benzene rings is 3. The highest BCUT2D eigenvalue weighted by Crippen LogP contribution is 2.40. The Morgan fingerprint density at radius 1 is 0.925 bits per heavy atom. The lowest BCUT2D eigenvalue weighted by atomic mass is 9.85. The van der Waals surface area contributed by atoms with Gasteiger partial charge in [-0.25, -0.2) is 0 Å². The molecule has 6 rings (SSSR count). The molecule has 1 spiro atoms. The summed E-state index contributed by atoms with van der Waals surface area (Å²) in [7, 11) is 0. The van der Waals surface area contributed by atoms with E-state index in [1.165, 1.54) is 0 Å². The molecule has 40 heavy (non-hydrogen) atoms. The second-order valence-electron chi connectivity index (χ2n) is 10.2. The first-order valence-electron chi connectivity index (χ1n) is 13.3. The van der Waals surface area contributed by atoms with Crippen molar-refractivity contribution in [1.29, 1.82) is 0 Å². The van der Waals surface area contributed by atoms with E-state index >= 15 is 0 Å². The third-order valence-electron chi connectivity index (χ3n) is 7.79. The van der Waals surface area contributed by atoms with E-state index in [9.17, 15) is 14.4 Å². The Labute approximate surface area is 237 Å². The average molecular weight is 561 g/mol. The van der Waals surface area contributed by atoms with E-state index in [-0.39, 0.29) is 31.1 Å². The van der Waals surface area contributed by atoms with Crippen LogP contribution in [0.2, 0.25) is 5.02 Å². The number of fused-ring (bicyclic) bond motifs is 1. The van der Waals surface area contributed by atoms with Gasteiger partial charge in [0.1, 0.15) is 12.1 Å². The van der Waals surface area contributed by atoms with Gasteiger partial charge in [0, 0.05) is 35.9 Å². The van der Waals surface area contributed by atoms with Crippen LogP contribution < -0.4 is 19.7 Å². The van der Waals surface area contributed by atoms with Crippen LogP contribution in [0.4, 0.5) is 5.69 Å². The molecule has 1 N–H and O–H groups in total. The van der Waals surface area contributed by atoms with Crippen LogP contribution in [-0.2, 0) is 16.1 Å². The number of nitrogens with zero attached hydrogens (tertiary/aromatic N) is 3. The van der Waals surface area contributed by atoms with Crippen LogP contribution in [0.1, 0.15) is 28.8 Å². The minimum atomic E-state index is -0.829. The van der Waals surface area contributed by atoms with Gasteiger partial charge in [0.2, 0.25) is 12.7 Å². The van der Waals surface area contributed by atoms with Crippen LogP contribution in [-0.4, -0.2) is 66.2 Å².